The van der Waals surface area contributed by atoms with Crippen LogP contribution in [0.25, 0.3) is 10.2 Å². The number of thiophene rings is 1. The zero-order chi connectivity index (χ0) is 18.3. The summed E-state index contributed by atoms with van der Waals surface area (Å²) < 4.78 is 12.0. The lowest BCUT2D eigenvalue weighted by Crippen LogP contribution is -2.20. The van der Waals surface area contributed by atoms with E-state index in [1.54, 1.807) is 25.2 Å². The molecule has 0 spiro atoms. The van der Waals surface area contributed by atoms with Gasteiger partial charge >= 0.3 is 0 Å². The summed E-state index contributed by atoms with van der Waals surface area (Å²) in [5.41, 5.74) is 0.532. The van der Waals surface area contributed by atoms with Crippen molar-refractivity contribution in [1.29, 1.82) is 0 Å². The van der Waals surface area contributed by atoms with Gasteiger partial charge in [-0.1, -0.05) is 11.8 Å². The molecule has 26 heavy (non-hydrogen) atoms. The van der Waals surface area contributed by atoms with E-state index in [-0.39, 0.29) is 24.0 Å². The summed E-state index contributed by atoms with van der Waals surface area (Å²) in [5, 5.41) is 3.94. The lowest BCUT2D eigenvalue weighted by atomic mass is 10.3. The molecule has 2 aromatic heterocycles. The number of rotatable bonds is 4. The van der Waals surface area contributed by atoms with Gasteiger partial charge in [0, 0.05) is 23.7 Å². The molecule has 0 atom stereocenters. The molecular formula is C17H15N3O4S2. The Kier molecular flexibility index (Phi) is 4.33. The van der Waals surface area contributed by atoms with Crippen molar-refractivity contribution in [2.45, 2.75) is 12.1 Å². The van der Waals surface area contributed by atoms with Gasteiger partial charge in [0.25, 0.3) is 5.56 Å². The molecule has 3 aromatic rings. The van der Waals surface area contributed by atoms with Crippen LogP contribution in [0, 0.1) is 6.92 Å². The van der Waals surface area contributed by atoms with Gasteiger partial charge in [0.2, 0.25) is 12.7 Å². The number of amides is 1. The van der Waals surface area contributed by atoms with Crippen molar-refractivity contribution in [2.24, 2.45) is 7.05 Å². The number of anilines is 1. The second kappa shape index (κ2) is 6.65. The van der Waals surface area contributed by atoms with Crippen molar-refractivity contribution in [3.05, 3.63) is 39.5 Å². The minimum Gasteiger partial charge on any atom is -0.454 e. The Bertz CT molecular complexity index is 1070. The Morgan fingerprint density at radius 2 is 2.15 bits per heavy atom. The third-order valence-electron chi connectivity index (χ3n) is 3.84. The number of hydrogen-bond acceptors (Lipinski definition) is 7. The highest BCUT2D eigenvalue weighted by Gasteiger charge is 2.15. The quantitative estimate of drug-likeness (QED) is 0.546. The highest BCUT2D eigenvalue weighted by Crippen LogP contribution is 2.34. The topological polar surface area (TPSA) is 82.5 Å². The third kappa shape index (κ3) is 3.15. The van der Waals surface area contributed by atoms with Crippen LogP contribution in [0.5, 0.6) is 11.5 Å². The molecule has 1 aliphatic rings. The van der Waals surface area contributed by atoms with E-state index in [0.29, 0.717) is 32.6 Å². The van der Waals surface area contributed by atoms with Crippen LogP contribution in [0.3, 0.4) is 0 Å². The Hall–Kier alpha value is -2.52. The van der Waals surface area contributed by atoms with Gasteiger partial charge in [-0.25, -0.2) is 4.98 Å². The van der Waals surface area contributed by atoms with Gasteiger partial charge in [-0.2, -0.15) is 0 Å². The fraction of sp³-hybridized carbons (Fsp3) is 0.235. The van der Waals surface area contributed by atoms with E-state index in [1.165, 1.54) is 27.7 Å². The molecule has 0 saturated carbocycles. The summed E-state index contributed by atoms with van der Waals surface area (Å²) in [6, 6.07) is 7.07. The van der Waals surface area contributed by atoms with Crippen molar-refractivity contribution in [3.8, 4) is 11.5 Å². The van der Waals surface area contributed by atoms with Crippen LogP contribution >= 0.6 is 23.1 Å². The van der Waals surface area contributed by atoms with Crippen molar-refractivity contribution < 1.29 is 14.3 Å². The van der Waals surface area contributed by atoms with Gasteiger partial charge in [-0.15, -0.1) is 11.3 Å². The zero-order valence-corrected chi connectivity index (χ0v) is 15.7. The minimum atomic E-state index is -0.189. The van der Waals surface area contributed by atoms with Crippen LogP contribution in [-0.4, -0.2) is 28.0 Å². The average molecular weight is 389 g/mol. The summed E-state index contributed by atoms with van der Waals surface area (Å²) >= 11 is 2.70. The lowest BCUT2D eigenvalue weighted by Gasteiger charge is -2.08. The molecule has 0 unspecified atom stereocenters. The van der Waals surface area contributed by atoms with Gasteiger partial charge in [0.15, 0.2) is 16.7 Å². The molecular weight excluding hydrogens is 374 g/mol. The van der Waals surface area contributed by atoms with Crippen molar-refractivity contribution in [3.63, 3.8) is 0 Å². The van der Waals surface area contributed by atoms with E-state index in [9.17, 15) is 9.59 Å². The number of nitrogens with zero attached hydrogens (tertiary/aromatic N) is 2. The average Bonchev–Trinajstić information content (AvgIpc) is 3.22. The third-order valence-corrected chi connectivity index (χ3v) is 5.82. The number of carbonyl (C=O) groups is 1. The van der Waals surface area contributed by atoms with Gasteiger partial charge in [-0.3, -0.25) is 14.2 Å². The Balaban J connectivity index is 1.47. The summed E-state index contributed by atoms with van der Waals surface area (Å²) in [6.07, 6.45) is 0. The number of ether oxygens (including phenoxy) is 2. The van der Waals surface area contributed by atoms with Crippen LogP contribution in [0.15, 0.2) is 34.2 Å². The molecule has 0 radical (unpaired) electrons. The van der Waals surface area contributed by atoms with Gasteiger partial charge in [0.1, 0.15) is 4.83 Å². The summed E-state index contributed by atoms with van der Waals surface area (Å²) in [5.74, 6) is 1.23. The fourth-order valence-electron chi connectivity index (χ4n) is 2.60. The van der Waals surface area contributed by atoms with Crippen molar-refractivity contribution in [2.75, 3.05) is 17.9 Å². The molecule has 1 aliphatic heterocycles. The standard InChI is InChI=1S/C17H15N3O4S2/c1-9-5-11-15(26-9)19-17(20(2)16(11)22)25-7-14(21)18-10-3-4-12-13(6-10)24-8-23-12/h3-6H,7-8H2,1-2H3,(H,18,21). The van der Waals surface area contributed by atoms with E-state index in [4.69, 9.17) is 9.47 Å². The summed E-state index contributed by atoms with van der Waals surface area (Å²) in [7, 11) is 1.67. The minimum absolute atomic E-state index is 0.0990. The number of aryl methyl sites for hydroxylation is 1. The largest absolute Gasteiger partial charge is 0.454 e. The van der Waals surface area contributed by atoms with Crippen molar-refractivity contribution >= 4 is 44.9 Å². The number of nitrogens with one attached hydrogen (secondary N) is 1. The maximum absolute atomic E-state index is 12.4. The Labute approximate surface area is 157 Å². The molecule has 1 N–H and O–H groups in total. The number of thioether (sulfide) groups is 1. The smallest absolute Gasteiger partial charge is 0.262 e. The number of carbonyl (C=O) groups excluding carboxylic acids is 1. The molecule has 0 saturated heterocycles. The van der Waals surface area contributed by atoms with Crippen LogP contribution in [0.4, 0.5) is 5.69 Å². The zero-order valence-electron chi connectivity index (χ0n) is 14.1. The highest BCUT2D eigenvalue weighted by molar-refractivity contribution is 7.99. The second-order valence-electron chi connectivity index (χ2n) is 5.74. The highest BCUT2D eigenvalue weighted by atomic mass is 32.2. The molecule has 1 aromatic carbocycles. The van der Waals surface area contributed by atoms with E-state index >= 15 is 0 Å². The van der Waals surface area contributed by atoms with Crippen LogP contribution in [-0.2, 0) is 11.8 Å². The molecule has 0 bridgehead atoms. The summed E-state index contributed by atoms with van der Waals surface area (Å²) in [6.45, 7) is 2.13. The number of aromatic nitrogens is 2. The Morgan fingerprint density at radius 1 is 1.35 bits per heavy atom. The Morgan fingerprint density at radius 3 is 3.00 bits per heavy atom. The van der Waals surface area contributed by atoms with E-state index in [2.05, 4.69) is 10.3 Å². The maximum atomic E-state index is 12.4. The molecule has 134 valence electrons. The maximum Gasteiger partial charge on any atom is 0.262 e. The van der Waals surface area contributed by atoms with Crippen LogP contribution in [0.2, 0.25) is 0 Å². The van der Waals surface area contributed by atoms with Crippen molar-refractivity contribution in [1.82, 2.24) is 9.55 Å². The first kappa shape index (κ1) is 16.9. The number of benzene rings is 1. The molecule has 3 heterocycles. The van der Waals surface area contributed by atoms with E-state index < -0.39 is 0 Å². The molecule has 4 rings (SSSR count). The SMILES string of the molecule is Cc1cc2c(=O)n(C)c(SCC(=O)Nc3ccc4c(c3)OCO4)nc2s1. The summed E-state index contributed by atoms with van der Waals surface area (Å²) in [4.78, 5) is 30.9. The molecule has 0 aliphatic carbocycles. The van der Waals surface area contributed by atoms with E-state index in [0.717, 1.165) is 4.88 Å². The molecule has 0 fully saturated rings. The first-order chi connectivity index (χ1) is 12.5. The fourth-order valence-corrected chi connectivity index (χ4v) is 4.29. The van der Waals surface area contributed by atoms with Gasteiger partial charge < -0.3 is 14.8 Å². The molecule has 1 amide bonds. The molecule has 7 nitrogen and oxygen atoms in total. The first-order valence-corrected chi connectivity index (χ1v) is 9.61. The number of hydrogen-bond donors (Lipinski definition) is 1. The lowest BCUT2D eigenvalue weighted by molar-refractivity contribution is -0.113. The second-order valence-corrected chi connectivity index (χ2v) is 7.92. The normalized spacial score (nSPS) is 12.5. The van der Waals surface area contributed by atoms with E-state index in [1.807, 2.05) is 13.0 Å². The van der Waals surface area contributed by atoms with Gasteiger partial charge in [-0.05, 0) is 25.1 Å². The monoisotopic (exact) mass is 389 g/mol. The number of fused-ring (bicyclic) bond motifs is 2. The van der Waals surface area contributed by atoms with Crippen LogP contribution < -0.4 is 20.3 Å². The van der Waals surface area contributed by atoms with Gasteiger partial charge in [0.05, 0.1) is 11.1 Å². The first-order valence-electron chi connectivity index (χ1n) is 7.81. The predicted octanol–water partition coefficient (Wildman–Crippen LogP) is 2.76. The predicted molar refractivity (Wildman–Crippen MR) is 102 cm³/mol. The van der Waals surface area contributed by atoms with Crippen LogP contribution in [0.1, 0.15) is 4.88 Å². The molecule has 9 heteroatoms.